The van der Waals surface area contributed by atoms with Crippen LogP contribution in [0.3, 0.4) is 0 Å². The second-order valence-electron chi connectivity index (χ2n) is 8.08. The summed E-state index contributed by atoms with van der Waals surface area (Å²) in [4.78, 5) is 31.3. The van der Waals surface area contributed by atoms with Crippen LogP contribution in [0.5, 0.6) is 0 Å². The number of fused-ring (bicyclic) bond motifs is 3. The van der Waals surface area contributed by atoms with Crippen molar-refractivity contribution in [3.05, 3.63) is 12.2 Å². The van der Waals surface area contributed by atoms with E-state index < -0.39 is 0 Å². The van der Waals surface area contributed by atoms with Crippen LogP contribution in [-0.2, 0) is 22.5 Å². The number of carbonyl (C=O) groups is 1. The molecule has 0 radical (unpaired) electrons. The molecule has 0 aromatic carbocycles. The summed E-state index contributed by atoms with van der Waals surface area (Å²) in [6.45, 7) is 5.33. The van der Waals surface area contributed by atoms with E-state index >= 15 is 0 Å². The molecule has 3 aliphatic heterocycles. The molecule has 0 aliphatic carbocycles. The quantitative estimate of drug-likeness (QED) is 0.783. The van der Waals surface area contributed by atoms with Crippen molar-refractivity contribution in [1.29, 1.82) is 0 Å². The van der Waals surface area contributed by atoms with Gasteiger partial charge in [0.1, 0.15) is 12.2 Å². The fourth-order valence-corrected chi connectivity index (χ4v) is 4.77. The molecule has 28 heavy (non-hydrogen) atoms. The van der Waals surface area contributed by atoms with Crippen LogP contribution in [0.4, 0.5) is 5.82 Å². The summed E-state index contributed by atoms with van der Waals surface area (Å²) in [5.41, 5.74) is 1.85. The van der Waals surface area contributed by atoms with Gasteiger partial charge >= 0.3 is 0 Å². The highest BCUT2D eigenvalue weighted by Crippen LogP contribution is 2.30. The Balaban J connectivity index is 1.41. The van der Waals surface area contributed by atoms with E-state index in [1.807, 2.05) is 4.90 Å². The zero-order chi connectivity index (χ0) is 18.9. The predicted octanol–water partition coefficient (Wildman–Crippen LogP) is 1.63. The Morgan fingerprint density at radius 1 is 1.04 bits per heavy atom. The highest BCUT2D eigenvalue weighted by atomic mass is 16.5. The van der Waals surface area contributed by atoms with Crippen molar-refractivity contribution in [2.24, 2.45) is 5.92 Å². The van der Waals surface area contributed by atoms with Gasteiger partial charge in [-0.25, -0.2) is 15.0 Å². The molecule has 2 saturated heterocycles. The second kappa shape index (κ2) is 7.66. The fourth-order valence-electron chi connectivity index (χ4n) is 4.77. The molecule has 150 valence electrons. The maximum atomic E-state index is 13.0. The van der Waals surface area contributed by atoms with Gasteiger partial charge in [-0.1, -0.05) is 6.42 Å². The highest BCUT2D eigenvalue weighted by Gasteiger charge is 2.32. The lowest BCUT2D eigenvalue weighted by molar-refractivity contribution is -0.139. The monoisotopic (exact) mass is 384 g/mol. The lowest BCUT2D eigenvalue weighted by atomic mass is 9.96. The van der Waals surface area contributed by atoms with E-state index in [1.165, 1.54) is 19.3 Å². The Morgan fingerprint density at radius 2 is 1.93 bits per heavy atom. The summed E-state index contributed by atoms with van der Waals surface area (Å²) >= 11 is 0. The van der Waals surface area contributed by atoms with Gasteiger partial charge in [-0.2, -0.15) is 0 Å². The van der Waals surface area contributed by atoms with E-state index in [0.29, 0.717) is 32.8 Å². The number of morpholine rings is 1. The van der Waals surface area contributed by atoms with E-state index in [2.05, 4.69) is 19.4 Å². The molecule has 2 aromatic rings. The van der Waals surface area contributed by atoms with Crippen molar-refractivity contribution in [3.8, 4) is 0 Å². The van der Waals surface area contributed by atoms with Gasteiger partial charge in [0.2, 0.25) is 5.91 Å². The van der Waals surface area contributed by atoms with Gasteiger partial charge in [-0.3, -0.25) is 4.79 Å². The molecule has 0 spiro atoms. The molecule has 3 aliphatic rings. The maximum Gasteiger partial charge on any atom is 0.227 e. The lowest BCUT2D eigenvalue weighted by Crippen LogP contribution is -2.48. The van der Waals surface area contributed by atoms with Crippen LogP contribution in [0.1, 0.15) is 37.9 Å². The van der Waals surface area contributed by atoms with Crippen molar-refractivity contribution < 1.29 is 9.53 Å². The number of hydrogen-bond acceptors (Lipinski definition) is 6. The molecule has 8 heteroatoms. The minimum atomic E-state index is 0.0253. The smallest absolute Gasteiger partial charge is 0.227 e. The third kappa shape index (κ3) is 3.23. The van der Waals surface area contributed by atoms with Gasteiger partial charge in [0, 0.05) is 39.1 Å². The predicted molar refractivity (Wildman–Crippen MR) is 105 cm³/mol. The molecule has 8 nitrogen and oxygen atoms in total. The fraction of sp³-hybridized carbons (Fsp3) is 0.700. The van der Waals surface area contributed by atoms with Gasteiger partial charge < -0.3 is 19.1 Å². The van der Waals surface area contributed by atoms with Crippen LogP contribution in [0, 0.1) is 5.92 Å². The van der Waals surface area contributed by atoms with Gasteiger partial charge in [-0.05, 0) is 25.7 Å². The van der Waals surface area contributed by atoms with Crippen LogP contribution in [0.15, 0.2) is 6.33 Å². The average Bonchev–Trinajstić information content (AvgIpc) is 2.95. The molecule has 5 rings (SSSR count). The molecular formula is C20H28N6O2. The molecule has 0 unspecified atom stereocenters. The molecule has 0 saturated carbocycles. The number of aryl methyl sites for hydroxylation is 2. The van der Waals surface area contributed by atoms with Crippen molar-refractivity contribution in [2.75, 3.05) is 44.3 Å². The van der Waals surface area contributed by atoms with E-state index in [9.17, 15) is 4.79 Å². The summed E-state index contributed by atoms with van der Waals surface area (Å²) in [5.74, 6) is 2.31. The summed E-state index contributed by atoms with van der Waals surface area (Å²) in [6.07, 6.45) is 8.23. The van der Waals surface area contributed by atoms with Gasteiger partial charge in [-0.15, -0.1) is 0 Å². The summed E-state index contributed by atoms with van der Waals surface area (Å²) in [5, 5.41) is 0. The largest absolute Gasteiger partial charge is 0.378 e. The Labute approximate surface area is 164 Å². The molecular weight excluding hydrogens is 356 g/mol. The van der Waals surface area contributed by atoms with Crippen molar-refractivity contribution in [1.82, 2.24) is 24.4 Å². The molecule has 0 bridgehead atoms. The normalized spacial score (nSPS) is 23.5. The number of imidazole rings is 1. The van der Waals surface area contributed by atoms with E-state index in [1.54, 1.807) is 6.33 Å². The van der Waals surface area contributed by atoms with Crippen molar-refractivity contribution in [2.45, 2.75) is 45.1 Å². The molecule has 5 heterocycles. The number of anilines is 1. The van der Waals surface area contributed by atoms with Gasteiger partial charge in [0.15, 0.2) is 17.0 Å². The Hall–Kier alpha value is -2.22. The van der Waals surface area contributed by atoms with Gasteiger partial charge in [0.25, 0.3) is 0 Å². The highest BCUT2D eigenvalue weighted by molar-refractivity contribution is 5.85. The Morgan fingerprint density at radius 3 is 2.82 bits per heavy atom. The lowest BCUT2D eigenvalue weighted by Gasteiger charge is -2.36. The number of carbonyl (C=O) groups excluding carboxylic acids is 1. The van der Waals surface area contributed by atoms with Crippen molar-refractivity contribution in [3.63, 3.8) is 0 Å². The number of amides is 1. The van der Waals surface area contributed by atoms with E-state index in [4.69, 9.17) is 9.72 Å². The first-order chi connectivity index (χ1) is 13.8. The Kier molecular flexibility index (Phi) is 4.88. The summed E-state index contributed by atoms with van der Waals surface area (Å²) < 4.78 is 7.66. The van der Waals surface area contributed by atoms with Crippen molar-refractivity contribution >= 4 is 22.9 Å². The molecule has 1 amide bonds. The number of nitrogens with zero attached hydrogens (tertiary/aromatic N) is 6. The first-order valence-corrected chi connectivity index (χ1v) is 10.6. The third-order valence-electron chi connectivity index (χ3n) is 6.27. The molecule has 2 fully saturated rings. The number of rotatable bonds is 2. The van der Waals surface area contributed by atoms with Crippen LogP contribution < -0.4 is 4.90 Å². The number of hydrogen-bond donors (Lipinski definition) is 0. The van der Waals surface area contributed by atoms with Crippen LogP contribution in [0.2, 0.25) is 0 Å². The summed E-state index contributed by atoms with van der Waals surface area (Å²) in [6, 6.07) is 0. The molecule has 0 N–H and O–H groups in total. The number of aromatic nitrogens is 4. The third-order valence-corrected chi connectivity index (χ3v) is 6.27. The van der Waals surface area contributed by atoms with E-state index in [-0.39, 0.29) is 11.8 Å². The topological polar surface area (TPSA) is 76.4 Å². The first kappa shape index (κ1) is 17.8. The molecule has 2 aromatic heterocycles. The zero-order valence-electron chi connectivity index (χ0n) is 16.3. The number of piperidine rings is 1. The SMILES string of the molecule is O=C([C@@H]1CCCN(c2ncnc3c2nc2n3CCCCC2)C1)N1CCOCC1. The minimum absolute atomic E-state index is 0.0253. The maximum absolute atomic E-state index is 13.0. The minimum Gasteiger partial charge on any atom is -0.378 e. The average molecular weight is 384 g/mol. The van der Waals surface area contributed by atoms with Gasteiger partial charge in [0.05, 0.1) is 19.1 Å². The summed E-state index contributed by atoms with van der Waals surface area (Å²) in [7, 11) is 0. The number of ether oxygens (including phenoxy) is 1. The zero-order valence-corrected chi connectivity index (χ0v) is 16.3. The Bertz CT molecular complexity index is 860. The molecule has 1 atom stereocenters. The van der Waals surface area contributed by atoms with Crippen LogP contribution >= 0.6 is 0 Å². The van der Waals surface area contributed by atoms with Crippen LogP contribution in [-0.4, -0.2) is 69.7 Å². The van der Waals surface area contributed by atoms with Crippen LogP contribution in [0.25, 0.3) is 11.2 Å². The second-order valence-corrected chi connectivity index (χ2v) is 8.08. The standard InChI is InChI=1S/C20H28N6O2/c27-20(24-9-11-28-12-10-24)15-5-4-7-25(13-15)18-17-19(22-14-21-18)26-8-3-1-2-6-16(26)23-17/h14-15H,1-13H2/t15-/m1/s1. The first-order valence-electron chi connectivity index (χ1n) is 10.6. The van der Waals surface area contributed by atoms with E-state index in [0.717, 1.165) is 55.2 Å².